The number of fused-ring (bicyclic) bond motifs is 1. The highest BCUT2D eigenvalue weighted by Gasteiger charge is 2.28. The average Bonchev–Trinajstić information content (AvgIpc) is 2.61. The number of rotatable bonds is 0. The third-order valence-corrected chi connectivity index (χ3v) is 3.04. The SMILES string of the molecule is C1=CNC2CC3=C(CC2=C1)OCC3. The van der Waals surface area contributed by atoms with E-state index in [1.165, 1.54) is 16.9 Å². The van der Waals surface area contributed by atoms with Gasteiger partial charge in [0.25, 0.3) is 0 Å². The van der Waals surface area contributed by atoms with Crippen molar-refractivity contribution in [2.45, 2.75) is 25.3 Å². The van der Waals surface area contributed by atoms with Crippen molar-refractivity contribution >= 4 is 0 Å². The lowest BCUT2D eigenvalue weighted by molar-refractivity contribution is 0.236. The van der Waals surface area contributed by atoms with E-state index < -0.39 is 0 Å². The minimum absolute atomic E-state index is 0.547. The maximum absolute atomic E-state index is 5.59. The van der Waals surface area contributed by atoms with Crippen molar-refractivity contribution in [1.82, 2.24) is 5.32 Å². The molecule has 0 spiro atoms. The maximum atomic E-state index is 5.59. The second-order valence-electron chi connectivity index (χ2n) is 3.83. The lowest BCUT2D eigenvalue weighted by Gasteiger charge is -2.28. The minimum Gasteiger partial charge on any atom is -0.497 e. The van der Waals surface area contributed by atoms with E-state index in [1.54, 1.807) is 0 Å². The van der Waals surface area contributed by atoms with Crippen LogP contribution in [0.4, 0.5) is 0 Å². The van der Waals surface area contributed by atoms with Crippen LogP contribution in [0.5, 0.6) is 0 Å². The van der Waals surface area contributed by atoms with Crippen LogP contribution in [0.3, 0.4) is 0 Å². The van der Waals surface area contributed by atoms with Crippen molar-refractivity contribution < 1.29 is 4.74 Å². The zero-order valence-electron chi connectivity index (χ0n) is 7.55. The molecule has 0 fully saturated rings. The fourth-order valence-electron chi connectivity index (χ4n) is 2.30. The van der Waals surface area contributed by atoms with E-state index in [0.717, 1.165) is 25.9 Å². The van der Waals surface area contributed by atoms with Gasteiger partial charge in [-0.3, -0.25) is 0 Å². The van der Waals surface area contributed by atoms with Crippen molar-refractivity contribution in [3.8, 4) is 0 Å². The molecule has 0 aromatic carbocycles. The Morgan fingerprint density at radius 2 is 2.46 bits per heavy atom. The van der Waals surface area contributed by atoms with E-state index in [0.29, 0.717) is 6.04 Å². The zero-order valence-corrected chi connectivity index (χ0v) is 7.55. The molecule has 0 saturated carbocycles. The molecule has 2 nitrogen and oxygen atoms in total. The molecule has 3 aliphatic rings. The van der Waals surface area contributed by atoms with Gasteiger partial charge in [0.05, 0.1) is 18.4 Å². The quantitative estimate of drug-likeness (QED) is 0.606. The number of allylic oxidation sites excluding steroid dienone is 3. The first-order valence-electron chi connectivity index (χ1n) is 4.89. The number of hydrogen-bond acceptors (Lipinski definition) is 2. The molecule has 2 heteroatoms. The van der Waals surface area contributed by atoms with Crippen LogP contribution in [-0.2, 0) is 4.74 Å². The monoisotopic (exact) mass is 175 g/mol. The summed E-state index contributed by atoms with van der Waals surface area (Å²) in [5, 5.41) is 3.40. The van der Waals surface area contributed by atoms with Gasteiger partial charge in [-0.25, -0.2) is 0 Å². The summed E-state index contributed by atoms with van der Waals surface area (Å²) in [7, 11) is 0. The molecule has 0 saturated heterocycles. The van der Waals surface area contributed by atoms with Gasteiger partial charge in [-0.05, 0) is 29.8 Å². The molecule has 13 heavy (non-hydrogen) atoms. The second-order valence-corrected chi connectivity index (χ2v) is 3.83. The number of dihydropyridines is 1. The maximum Gasteiger partial charge on any atom is 0.0995 e. The van der Waals surface area contributed by atoms with Crippen molar-refractivity contribution in [3.63, 3.8) is 0 Å². The second kappa shape index (κ2) is 2.66. The van der Waals surface area contributed by atoms with Gasteiger partial charge in [0.2, 0.25) is 0 Å². The van der Waals surface area contributed by atoms with Gasteiger partial charge in [-0.2, -0.15) is 0 Å². The van der Waals surface area contributed by atoms with E-state index in [-0.39, 0.29) is 0 Å². The summed E-state index contributed by atoms with van der Waals surface area (Å²) >= 11 is 0. The van der Waals surface area contributed by atoms with Crippen LogP contribution in [0, 0.1) is 0 Å². The Kier molecular flexibility index (Phi) is 1.48. The van der Waals surface area contributed by atoms with Gasteiger partial charge < -0.3 is 10.1 Å². The van der Waals surface area contributed by atoms with Crippen LogP contribution in [0.15, 0.2) is 35.3 Å². The number of hydrogen-bond donors (Lipinski definition) is 1. The first kappa shape index (κ1) is 7.25. The fourth-order valence-corrected chi connectivity index (χ4v) is 2.30. The lowest BCUT2D eigenvalue weighted by Crippen LogP contribution is -2.31. The Bertz CT molecular complexity index is 325. The summed E-state index contributed by atoms with van der Waals surface area (Å²) in [5.41, 5.74) is 3.01. The summed E-state index contributed by atoms with van der Waals surface area (Å²) in [6, 6.07) is 0.547. The van der Waals surface area contributed by atoms with Crippen LogP contribution in [0.1, 0.15) is 19.3 Å². The molecule has 1 unspecified atom stereocenters. The minimum atomic E-state index is 0.547. The van der Waals surface area contributed by atoms with Crippen LogP contribution in [-0.4, -0.2) is 12.6 Å². The molecule has 2 aliphatic heterocycles. The molecular weight excluding hydrogens is 162 g/mol. The van der Waals surface area contributed by atoms with Crippen LogP contribution in [0.2, 0.25) is 0 Å². The predicted octanol–water partition coefficient (Wildman–Crippen LogP) is 1.87. The van der Waals surface area contributed by atoms with Gasteiger partial charge in [-0.1, -0.05) is 6.08 Å². The smallest absolute Gasteiger partial charge is 0.0995 e. The molecule has 68 valence electrons. The van der Waals surface area contributed by atoms with Gasteiger partial charge in [-0.15, -0.1) is 0 Å². The molecule has 0 aromatic heterocycles. The summed E-state index contributed by atoms with van der Waals surface area (Å²) in [6.07, 6.45) is 9.64. The largest absolute Gasteiger partial charge is 0.497 e. The molecular formula is C11H13NO. The van der Waals surface area contributed by atoms with E-state index in [4.69, 9.17) is 4.74 Å². The molecule has 0 bridgehead atoms. The summed E-state index contributed by atoms with van der Waals surface area (Å²) in [5.74, 6) is 1.25. The Balaban J connectivity index is 1.92. The molecule has 0 amide bonds. The highest BCUT2D eigenvalue weighted by molar-refractivity contribution is 5.35. The molecule has 1 aliphatic carbocycles. The first-order valence-corrected chi connectivity index (χ1v) is 4.89. The molecule has 1 atom stereocenters. The van der Waals surface area contributed by atoms with E-state index in [2.05, 4.69) is 17.5 Å². The molecule has 1 N–H and O–H groups in total. The van der Waals surface area contributed by atoms with Crippen LogP contribution < -0.4 is 5.32 Å². The third-order valence-electron chi connectivity index (χ3n) is 3.04. The fraction of sp³-hybridized carbons (Fsp3) is 0.455. The van der Waals surface area contributed by atoms with E-state index >= 15 is 0 Å². The Morgan fingerprint density at radius 3 is 3.46 bits per heavy atom. The molecule has 2 heterocycles. The summed E-state index contributed by atoms with van der Waals surface area (Å²) in [4.78, 5) is 0. The van der Waals surface area contributed by atoms with Crippen molar-refractivity contribution in [2.24, 2.45) is 0 Å². The average molecular weight is 175 g/mol. The third kappa shape index (κ3) is 1.09. The summed E-state index contributed by atoms with van der Waals surface area (Å²) < 4.78 is 5.59. The van der Waals surface area contributed by atoms with Gasteiger partial charge in [0.15, 0.2) is 0 Å². The number of nitrogens with one attached hydrogen (secondary N) is 1. The Hall–Kier alpha value is -1.18. The highest BCUT2D eigenvalue weighted by Crippen LogP contribution is 2.36. The first-order chi connectivity index (χ1) is 6.43. The normalized spacial score (nSPS) is 30.2. The van der Waals surface area contributed by atoms with Crippen molar-refractivity contribution in [2.75, 3.05) is 6.61 Å². The molecule has 0 aromatic rings. The van der Waals surface area contributed by atoms with Crippen LogP contribution in [0.25, 0.3) is 0 Å². The number of ether oxygens (including phenoxy) is 1. The molecule has 0 radical (unpaired) electrons. The highest BCUT2D eigenvalue weighted by atomic mass is 16.5. The zero-order chi connectivity index (χ0) is 8.67. The standard InChI is InChI=1S/C11H13NO/c1-2-8-7-11-9(3-5-13-11)6-10(8)12-4-1/h1-2,4,10,12H,3,5-7H2. The molecule has 3 rings (SSSR count). The van der Waals surface area contributed by atoms with Gasteiger partial charge in [0.1, 0.15) is 0 Å². The van der Waals surface area contributed by atoms with Gasteiger partial charge in [0, 0.05) is 12.8 Å². The predicted molar refractivity (Wildman–Crippen MR) is 51.0 cm³/mol. The van der Waals surface area contributed by atoms with Crippen LogP contribution >= 0.6 is 0 Å². The van der Waals surface area contributed by atoms with Gasteiger partial charge >= 0.3 is 0 Å². The van der Waals surface area contributed by atoms with E-state index in [9.17, 15) is 0 Å². The van der Waals surface area contributed by atoms with Crippen molar-refractivity contribution in [1.29, 1.82) is 0 Å². The Labute approximate surface area is 78.0 Å². The lowest BCUT2D eigenvalue weighted by atomic mass is 9.87. The Morgan fingerprint density at radius 1 is 1.46 bits per heavy atom. The van der Waals surface area contributed by atoms with E-state index in [1.807, 2.05) is 6.20 Å². The van der Waals surface area contributed by atoms with Crippen molar-refractivity contribution in [3.05, 3.63) is 35.3 Å². The summed E-state index contributed by atoms with van der Waals surface area (Å²) in [6.45, 7) is 0.901. The topological polar surface area (TPSA) is 21.3 Å².